The fraction of sp³-hybridized carbons (Fsp3) is 0.645. The van der Waals surface area contributed by atoms with Crippen LogP contribution in [-0.4, -0.2) is 116 Å². The van der Waals surface area contributed by atoms with Crippen LogP contribution in [0.15, 0.2) is 24.4 Å². The molecule has 0 unspecified atom stereocenters. The predicted molar refractivity (Wildman–Crippen MR) is 166 cm³/mol. The third-order valence-corrected chi connectivity index (χ3v) is 8.91. The van der Waals surface area contributed by atoms with E-state index in [0.717, 1.165) is 81.7 Å². The molecule has 44 heavy (non-hydrogen) atoms. The van der Waals surface area contributed by atoms with Crippen molar-refractivity contribution < 1.29 is 22.7 Å². The Morgan fingerprint density at radius 2 is 1.82 bits per heavy atom. The number of likely N-dealkylation sites (N-methyl/N-ethyl adjacent to an activating group) is 1. The topological polar surface area (TPSA) is 89.1 Å². The summed E-state index contributed by atoms with van der Waals surface area (Å²) in [7, 11) is 2.18. The maximum atomic E-state index is 13.8. The van der Waals surface area contributed by atoms with Gasteiger partial charge in [-0.25, -0.2) is 4.98 Å². The summed E-state index contributed by atoms with van der Waals surface area (Å²) in [4.78, 5) is 29.5. The average Bonchev–Trinajstić information content (AvgIpc) is 3.23. The van der Waals surface area contributed by atoms with Crippen LogP contribution in [0.3, 0.4) is 0 Å². The number of hydrogen-bond donors (Lipinski definition) is 2. The second-order valence-corrected chi connectivity index (χ2v) is 11.9. The van der Waals surface area contributed by atoms with Crippen LogP contribution in [0, 0.1) is 0 Å². The fourth-order valence-corrected chi connectivity index (χ4v) is 6.20. The van der Waals surface area contributed by atoms with E-state index in [1.165, 1.54) is 0 Å². The van der Waals surface area contributed by atoms with E-state index in [4.69, 9.17) is 4.74 Å². The number of carbonyl (C=O) groups excluding carboxylic acids is 1. The SMILES string of the molecule is CCc1cc(N2CCC(N3CCN(C)CC3)CC2)ccc1Nc1ncc(C(F)(F)F)c(NCCCN2CCOCCC2=O)n1. The summed E-state index contributed by atoms with van der Waals surface area (Å²) in [6, 6.07) is 6.83. The van der Waals surface area contributed by atoms with Crippen molar-refractivity contribution in [2.75, 3.05) is 94.7 Å². The Labute approximate surface area is 257 Å². The number of piperazine rings is 1. The fourth-order valence-electron chi connectivity index (χ4n) is 6.20. The van der Waals surface area contributed by atoms with Crippen molar-refractivity contribution in [2.24, 2.45) is 0 Å². The lowest BCUT2D eigenvalue weighted by atomic mass is 10.0. The minimum absolute atomic E-state index is 0.000105. The molecule has 2 N–H and O–H groups in total. The van der Waals surface area contributed by atoms with Gasteiger partial charge in [-0.2, -0.15) is 18.2 Å². The zero-order valence-corrected chi connectivity index (χ0v) is 25.8. The van der Waals surface area contributed by atoms with Crippen LogP contribution < -0.4 is 15.5 Å². The number of aromatic nitrogens is 2. The monoisotopic (exact) mass is 618 g/mol. The van der Waals surface area contributed by atoms with E-state index in [9.17, 15) is 18.0 Å². The van der Waals surface area contributed by atoms with Crippen molar-refractivity contribution in [3.8, 4) is 0 Å². The Morgan fingerprint density at radius 3 is 2.55 bits per heavy atom. The van der Waals surface area contributed by atoms with Gasteiger partial charge in [0.15, 0.2) is 0 Å². The van der Waals surface area contributed by atoms with Gasteiger partial charge in [-0.1, -0.05) is 6.92 Å². The number of carbonyl (C=O) groups is 1. The number of hydrogen-bond acceptors (Lipinski definition) is 9. The summed E-state index contributed by atoms with van der Waals surface area (Å²) in [5.74, 6) is -0.186. The maximum Gasteiger partial charge on any atom is 0.421 e. The lowest BCUT2D eigenvalue weighted by Crippen LogP contribution is -2.52. The summed E-state index contributed by atoms with van der Waals surface area (Å²) < 4.78 is 46.7. The first-order valence-corrected chi connectivity index (χ1v) is 15.8. The summed E-state index contributed by atoms with van der Waals surface area (Å²) in [6.45, 7) is 10.6. The lowest BCUT2D eigenvalue weighted by molar-refractivity contribution is -0.137. The van der Waals surface area contributed by atoms with Gasteiger partial charge in [0, 0.05) is 82.5 Å². The second kappa shape index (κ2) is 14.7. The van der Waals surface area contributed by atoms with Gasteiger partial charge < -0.3 is 30.1 Å². The van der Waals surface area contributed by atoms with E-state index in [0.29, 0.717) is 45.2 Å². The molecule has 3 saturated heterocycles. The first-order valence-electron chi connectivity index (χ1n) is 15.8. The molecule has 242 valence electrons. The highest BCUT2D eigenvalue weighted by atomic mass is 19.4. The quantitative estimate of drug-likeness (QED) is 0.383. The van der Waals surface area contributed by atoms with E-state index in [2.05, 4.69) is 61.4 Å². The lowest BCUT2D eigenvalue weighted by Gasteiger charge is -2.42. The van der Waals surface area contributed by atoms with Crippen LogP contribution in [0.5, 0.6) is 0 Å². The highest BCUT2D eigenvalue weighted by Gasteiger charge is 2.35. The Kier molecular flexibility index (Phi) is 10.8. The summed E-state index contributed by atoms with van der Waals surface area (Å²) in [5.41, 5.74) is 2.06. The van der Waals surface area contributed by atoms with Crippen LogP contribution in [0.2, 0.25) is 0 Å². The molecule has 1 amide bonds. The molecule has 0 radical (unpaired) electrons. The molecule has 5 rings (SSSR count). The van der Waals surface area contributed by atoms with Crippen LogP contribution in [-0.2, 0) is 22.1 Å². The number of amides is 1. The highest BCUT2D eigenvalue weighted by molar-refractivity contribution is 5.76. The standard InChI is InChI=1S/C31H45F3N8O2/c1-3-23-21-25(40-12-7-24(8-13-40)41-16-14-39(2)15-17-41)5-6-27(23)37-30-36-22-26(31(32,33)34)29(38-30)35-10-4-11-42-18-20-44-19-9-28(42)43/h5-6,21-22,24H,3-4,7-20H2,1-2H3,(H2,35,36,37,38). The largest absolute Gasteiger partial charge is 0.421 e. The minimum Gasteiger partial charge on any atom is -0.379 e. The Hall–Kier alpha value is -3.16. The molecule has 1 aromatic carbocycles. The van der Waals surface area contributed by atoms with Crippen molar-refractivity contribution >= 4 is 29.0 Å². The molecule has 0 atom stereocenters. The minimum atomic E-state index is -4.60. The molecule has 0 aliphatic carbocycles. The number of nitrogens with one attached hydrogen (secondary N) is 2. The first kappa shape index (κ1) is 32.2. The number of rotatable bonds is 10. The number of anilines is 4. The number of halogens is 3. The maximum absolute atomic E-state index is 13.8. The number of alkyl halides is 3. The van der Waals surface area contributed by atoms with Crippen molar-refractivity contribution in [3.05, 3.63) is 35.5 Å². The van der Waals surface area contributed by atoms with Gasteiger partial charge in [-0.15, -0.1) is 0 Å². The van der Waals surface area contributed by atoms with Crippen LogP contribution in [0.25, 0.3) is 0 Å². The van der Waals surface area contributed by atoms with E-state index >= 15 is 0 Å². The van der Waals surface area contributed by atoms with Crippen LogP contribution >= 0.6 is 0 Å². The number of benzene rings is 1. The van der Waals surface area contributed by atoms with Gasteiger partial charge in [-0.3, -0.25) is 9.69 Å². The third kappa shape index (κ3) is 8.30. The molecular weight excluding hydrogens is 573 g/mol. The molecule has 13 heteroatoms. The molecule has 0 bridgehead atoms. The molecule has 0 saturated carbocycles. The number of piperidine rings is 1. The number of ether oxygens (including phenoxy) is 1. The number of aryl methyl sites for hydroxylation is 1. The summed E-state index contributed by atoms with van der Waals surface area (Å²) >= 11 is 0. The Morgan fingerprint density at radius 1 is 1.05 bits per heavy atom. The summed E-state index contributed by atoms with van der Waals surface area (Å²) in [5, 5.41) is 5.99. The average molecular weight is 619 g/mol. The van der Waals surface area contributed by atoms with E-state index < -0.39 is 11.7 Å². The predicted octanol–water partition coefficient (Wildman–Crippen LogP) is 4.07. The van der Waals surface area contributed by atoms with Crippen LogP contribution in [0.4, 0.5) is 36.3 Å². The Balaban J connectivity index is 1.21. The molecular formula is C31H45F3N8O2. The molecule has 3 aliphatic rings. The van der Waals surface area contributed by atoms with Crippen molar-refractivity contribution in [1.29, 1.82) is 0 Å². The van der Waals surface area contributed by atoms with E-state index in [-0.39, 0.29) is 24.2 Å². The number of nitrogens with zero attached hydrogens (tertiary/aromatic N) is 6. The van der Waals surface area contributed by atoms with Crippen molar-refractivity contribution in [3.63, 3.8) is 0 Å². The van der Waals surface area contributed by atoms with Crippen LogP contribution in [0.1, 0.15) is 43.7 Å². The van der Waals surface area contributed by atoms with Gasteiger partial charge in [0.05, 0.1) is 19.6 Å². The van der Waals surface area contributed by atoms with Gasteiger partial charge in [0.2, 0.25) is 11.9 Å². The molecule has 3 aliphatic heterocycles. The van der Waals surface area contributed by atoms with Gasteiger partial charge in [-0.05, 0) is 56.5 Å². The molecule has 2 aromatic rings. The zero-order valence-electron chi connectivity index (χ0n) is 25.8. The third-order valence-electron chi connectivity index (χ3n) is 8.91. The van der Waals surface area contributed by atoms with Gasteiger partial charge >= 0.3 is 6.18 Å². The summed E-state index contributed by atoms with van der Waals surface area (Å²) in [6.07, 6.45) is 0.0452. The first-order chi connectivity index (χ1) is 21.2. The molecule has 3 fully saturated rings. The molecule has 10 nitrogen and oxygen atoms in total. The van der Waals surface area contributed by atoms with E-state index in [1.54, 1.807) is 4.90 Å². The van der Waals surface area contributed by atoms with E-state index in [1.807, 2.05) is 6.07 Å². The highest BCUT2D eigenvalue weighted by Crippen LogP contribution is 2.35. The van der Waals surface area contributed by atoms with Crippen molar-refractivity contribution in [2.45, 2.75) is 51.2 Å². The van der Waals surface area contributed by atoms with Gasteiger partial charge in [0.25, 0.3) is 0 Å². The van der Waals surface area contributed by atoms with Crippen molar-refractivity contribution in [1.82, 2.24) is 24.7 Å². The Bertz CT molecular complexity index is 1250. The smallest absolute Gasteiger partial charge is 0.379 e. The molecule has 0 spiro atoms. The second-order valence-electron chi connectivity index (χ2n) is 11.9. The zero-order chi connectivity index (χ0) is 31.1. The van der Waals surface area contributed by atoms with Gasteiger partial charge in [0.1, 0.15) is 11.4 Å². The normalized spacial score (nSPS) is 19.7. The molecule has 1 aromatic heterocycles. The molecule has 4 heterocycles.